The Labute approximate surface area is 201 Å². The second-order valence-electron chi connectivity index (χ2n) is 9.19. The Morgan fingerprint density at radius 2 is 2.09 bits per heavy atom. The van der Waals surface area contributed by atoms with E-state index in [9.17, 15) is 9.59 Å². The summed E-state index contributed by atoms with van der Waals surface area (Å²) in [4.78, 5) is 34.5. The van der Waals surface area contributed by atoms with Crippen molar-refractivity contribution in [3.63, 3.8) is 0 Å². The van der Waals surface area contributed by atoms with Crippen LogP contribution in [-0.4, -0.2) is 58.9 Å². The minimum atomic E-state index is -0.339. The number of hydrogen-bond donors (Lipinski definition) is 2. The van der Waals surface area contributed by atoms with E-state index in [-0.39, 0.29) is 28.5 Å². The third kappa shape index (κ3) is 4.33. The van der Waals surface area contributed by atoms with Crippen molar-refractivity contribution in [3.8, 4) is 11.3 Å². The summed E-state index contributed by atoms with van der Waals surface area (Å²) in [6, 6.07) is 7.22. The van der Waals surface area contributed by atoms with Gasteiger partial charge in [-0.1, -0.05) is 17.7 Å². The highest BCUT2D eigenvalue weighted by Gasteiger charge is 2.36. The molecule has 34 heavy (non-hydrogen) atoms. The number of anilines is 2. The zero-order valence-electron chi connectivity index (χ0n) is 18.8. The van der Waals surface area contributed by atoms with E-state index in [2.05, 4.69) is 22.2 Å². The lowest BCUT2D eigenvalue weighted by atomic mass is 9.98. The van der Waals surface area contributed by atoms with E-state index in [4.69, 9.17) is 26.5 Å². The van der Waals surface area contributed by atoms with E-state index in [0.29, 0.717) is 61.0 Å². The number of rotatable bonds is 5. The third-order valence-electron chi connectivity index (χ3n) is 6.59. The van der Waals surface area contributed by atoms with Crippen LogP contribution in [0.4, 0.5) is 11.8 Å². The maximum atomic E-state index is 12.9. The quantitative estimate of drug-likeness (QED) is 0.415. The number of amides is 1. The van der Waals surface area contributed by atoms with Gasteiger partial charge in [-0.15, -0.1) is 0 Å². The van der Waals surface area contributed by atoms with Crippen LogP contribution >= 0.6 is 11.6 Å². The molecule has 10 heteroatoms. The molecule has 1 aliphatic heterocycles. The number of halogens is 1. The molecule has 1 aromatic carbocycles. The predicted octanol–water partition coefficient (Wildman–Crippen LogP) is 3.77. The lowest BCUT2D eigenvalue weighted by molar-refractivity contribution is -0.111. The number of morpholine rings is 1. The van der Waals surface area contributed by atoms with Gasteiger partial charge in [-0.2, -0.15) is 4.98 Å². The number of benzene rings is 1. The molecule has 1 amide bonds. The zero-order valence-corrected chi connectivity index (χ0v) is 19.6. The molecule has 3 N–H and O–H groups in total. The molecule has 9 nitrogen and oxygen atoms in total. The van der Waals surface area contributed by atoms with E-state index in [0.717, 1.165) is 24.5 Å². The number of nitrogens with zero attached hydrogens (tertiary/aromatic N) is 3. The summed E-state index contributed by atoms with van der Waals surface area (Å²) >= 11 is 6.51. The summed E-state index contributed by atoms with van der Waals surface area (Å²) in [5.41, 5.74) is 7.15. The van der Waals surface area contributed by atoms with Gasteiger partial charge < -0.3 is 29.9 Å². The lowest BCUT2D eigenvalue weighted by Crippen LogP contribution is -2.40. The van der Waals surface area contributed by atoms with Gasteiger partial charge in [-0.05, 0) is 44.4 Å². The zero-order chi connectivity index (χ0) is 23.9. The smallest absolute Gasteiger partial charge is 0.254 e. The number of furan rings is 1. The highest BCUT2D eigenvalue weighted by atomic mass is 35.5. The van der Waals surface area contributed by atoms with Crippen LogP contribution < -0.4 is 11.1 Å². The molecular formula is C24H26ClN5O4. The van der Waals surface area contributed by atoms with Gasteiger partial charge in [0.25, 0.3) is 5.91 Å². The number of carbonyl (C=O) groups excluding carboxylic acids is 2. The van der Waals surface area contributed by atoms with Gasteiger partial charge >= 0.3 is 0 Å². The average Bonchev–Trinajstić information content (AvgIpc) is 3.41. The van der Waals surface area contributed by atoms with Gasteiger partial charge in [0.05, 0.1) is 18.8 Å². The van der Waals surface area contributed by atoms with E-state index >= 15 is 0 Å². The topological polar surface area (TPSA) is 124 Å². The summed E-state index contributed by atoms with van der Waals surface area (Å²) in [6.07, 6.45) is 3.31. The SMILES string of the molecule is C[C@]1(Nc2nc(N)nc(Cl)c2-c2cc3ccc(C(=O)N4CCOCC4)cc3o2)CC[C@H](C=O)C1. The fraction of sp³-hybridized carbons (Fsp3) is 0.417. The first-order valence-electron chi connectivity index (χ1n) is 11.3. The molecule has 0 unspecified atom stereocenters. The molecule has 0 spiro atoms. The molecule has 0 bridgehead atoms. The molecule has 178 valence electrons. The van der Waals surface area contributed by atoms with Crippen molar-refractivity contribution in [2.24, 2.45) is 5.92 Å². The van der Waals surface area contributed by atoms with Crippen LogP contribution in [0.15, 0.2) is 28.7 Å². The number of nitrogens with two attached hydrogens (primary N) is 1. The molecule has 0 radical (unpaired) electrons. The summed E-state index contributed by atoms with van der Waals surface area (Å²) < 4.78 is 11.5. The normalized spacial score (nSPS) is 22.8. The summed E-state index contributed by atoms with van der Waals surface area (Å²) in [7, 11) is 0. The standard InChI is InChI=1S/C24H26ClN5O4/c1-24(5-4-14(12-24)13-31)29-21-19(20(25)27-23(26)28-21)18-10-15-2-3-16(11-17(15)34-18)22(32)30-6-8-33-9-7-30/h2-3,10-11,13-14H,4-9,12H2,1H3,(H3,26,27,28,29)/t14-,24-/m0/s1. The minimum absolute atomic E-state index is 0.00392. The van der Waals surface area contributed by atoms with Crippen molar-refractivity contribution in [3.05, 3.63) is 35.0 Å². The molecule has 1 aliphatic carbocycles. The van der Waals surface area contributed by atoms with Crippen molar-refractivity contribution in [2.75, 3.05) is 37.4 Å². The monoisotopic (exact) mass is 483 g/mol. The lowest BCUT2D eigenvalue weighted by Gasteiger charge is -2.27. The first-order valence-corrected chi connectivity index (χ1v) is 11.7. The average molecular weight is 484 g/mol. The summed E-state index contributed by atoms with van der Waals surface area (Å²) in [6.45, 7) is 4.26. The van der Waals surface area contributed by atoms with Crippen molar-refractivity contribution < 1.29 is 18.7 Å². The van der Waals surface area contributed by atoms with E-state index in [1.807, 2.05) is 12.1 Å². The Balaban J connectivity index is 1.49. The number of carbonyl (C=O) groups is 2. The molecule has 2 fully saturated rings. The Bertz CT molecular complexity index is 1260. The summed E-state index contributed by atoms with van der Waals surface area (Å²) in [5.74, 6) is 0.906. The van der Waals surface area contributed by atoms with Crippen LogP contribution in [0.1, 0.15) is 36.5 Å². The maximum Gasteiger partial charge on any atom is 0.254 e. The van der Waals surface area contributed by atoms with Gasteiger partial charge in [0.2, 0.25) is 5.95 Å². The van der Waals surface area contributed by atoms with Crippen LogP contribution in [0.3, 0.4) is 0 Å². The molecule has 3 heterocycles. The van der Waals surface area contributed by atoms with Gasteiger partial charge in [-0.3, -0.25) is 4.79 Å². The van der Waals surface area contributed by atoms with Crippen LogP contribution in [0.5, 0.6) is 0 Å². The van der Waals surface area contributed by atoms with Crippen molar-refractivity contribution in [1.82, 2.24) is 14.9 Å². The highest BCUT2D eigenvalue weighted by Crippen LogP contribution is 2.41. The molecule has 2 atom stereocenters. The molecule has 2 aromatic heterocycles. The number of ether oxygens (including phenoxy) is 1. The minimum Gasteiger partial charge on any atom is -0.456 e. The first-order chi connectivity index (χ1) is 16.3. The molecule has 3 aromatic rings. The number of aromatic nitrogens is 2. The first kappa shape index (κ1) is 22.6. The molecule has 2 aliphatic rings. The molecule has 1 saturated heterocycles. The second-order valence-corrected chi connectivity index (χ2v) is 9.55. The Morgan fingerprint density at radius 3 is 2.82 bits per heavy atom. The molecular weight excluding hydrogens is 458 g/mol. The van der Waals surface area contributed by atoms with Gasteiger partial charge in [0, 0.05) is 35.5 Å². The summed E-state index contributed by atoms with van der Waals surface area (Å²) in [5, 5.41) is 4.42. The van der Waals surface area contributed by atoms with Gasteiger partial charge in [0.15, 0.2) is 0 Å². The van der Waals surface area contributed by atoms with E-state index < -0.39 is 0 Å². The van der Waals surface area contributed by atoms with Gasteiger partial charge in [-0.25, -0.2) is 4.98 Å². The second kappa shape index (κ2) is 8.88. The van der Waals surface area contributed by atoms with Crippen LogP contribution in [-0.2, 0) is 9.53 Å². The van der Waals surface area contributed by atoms with Crippen LogP contribution in [0.25, 0.3) is 22.3 Å². The number of aldehydes is 1. The number of hydrogen-bond acceptors (Lipinski definition) is 8. The Kier molecular flexibility index (Phi) is 5.91. The van der Waals surface area contributed by atoms with Crippen LogP contribution in [0, 0.1) is 5.92 Å². The number of nitrogen functional groups attached to an aromatic ring is 1. The van der Waals surface area contributed by atoms with E-state index in [1.165, 1.54) is 0 Å². The largest absolute Gasteiger partial charge is 0.456 e. The highest BCUT2D eigenvalue weighted by molar-refractivity contribution is 6.32. The third-order valence-corrected chi connectivity index (χ3v) is 6.86. The number of nitrogens with one attached hydrogen (secondary N) is 1. The number of fused-ring (bicyclic) bond motifs is 1. The Morgan fingerprint density at radius 1 is 1.29 bits per heavy atom. The maximum absolute atomic E-state index is 12.9. The Hall–Kier alpha value is -3.17. The van der Waals surface area contributed by atoms with Crippen molar-refractivity contribution >= 4 is 46.5 Å². The van der Waals surface area contributed by atoms with E-state index in [1.54, 1.807) is 17.0 Å². The van der Waals surface area contributed by atoms with Crippen molar-refractivity contribution in [2.45, 2.75) is 31.7 Å². The van der Waals surface area contributed by atoms with Gasteiger partial charge in [0.1, 0.15) is 28.6 Å². The molecule has 5 rings (SSSR count). The predicted molar refractivity (Wildman–Crippen MR) is 129 cm³/mol. The van der Waals surface area contributed by atoms with Crippen molar-refractivity contribution in [1.29, 1.82) is 0 Å². The molecule has 1 saturated carbocycles. The fourth-order valence-electron chi connectivity index (χ4n) is 4.80. The van der Waals surface area contributed by atoms with Crippen LogP contribution in [0.2, 0.25) is 5.15 Å². The fourth-order valence-corrected chi connectivity index (χ4v) is 5.07.